The summed E-state index contributed by atoms with van der Waals surface area (Å²) in [7, 11) is 0. The van der Waals surface area contributed by atoms with Crippen LogP contribution >= 0.6 is 0 Å². The van der Waals surface area contributed by atoms with Crippen LogP contribution in [-0.2, 0) is 20.7 Å². The Morgan fingerprint density at radius 2 is 2.04 bits per heavy atom. The Morgan fingerprint density at radius 1 is 1.29 bits per heavy atom. The molecule has 1 fully saturated rings. The van der Waals surface area contributed by atoms with E-state index in [1.54, 1.807) is 49.9 Å². The lowest BCUT2D eigenvalue weighted by Gasteiger charge is -2.33. The molecule has 154 valence electrons. The van der Waals surface area contributed by atoms with Gasteiger partial charge < -0.3 is 24.8 Å². The zero-order valence-corrected chi connectivity index (χ0v) is 16.6. The van der Waals surface area contributed by atoms with Crippen molar-refractivity contribution in [2.24, 2.45) is 0 Å². The number of amides is 2. The molecule has 1 unspecified atom stereocenters. The minimum Gasteiger partial charge on any atom is -0.484 e. The molecule has 0 aromatic heterocycles. The van der Waals surface area contributed by atoms with Gasteiger partial charge in [0.2, 0.25) is 0 Å². The SMILES string of the molecule is CC(C)(C)OC(=O)NC1CCCN(C(=O)COc2cccc(CC(=O)O)c2)C1. The molecule has 1 saturated heterocycles. The second kappa shape index (κ2) is 9.43. The number of rotatable bonds is 6. The summed E-state index contributed by atoms with van der Waals surface area (Å²) in [5.74, 6) is -0.656. The maximum Gasteiger partial charge on any atom is 0.407 e. The van der Waals surface area contributed by atoms with E-state index in [0.29, 0.717) is 24.4 Å². The molecule has 2 N–H and O–H groups in total. The van der Waals surface area contributed by atoms with E-state index < -0.39 is 17.7 Å². The highest BCUT2D eigenvalue weighted by atomic mass is 16.6. The van der Waals surface area contributed by atoms with Crippen LogP contribution in [0.2, 0.25) is 0 Å². The first-order valence-electron chi connectivity index (χ1n) is 9.33. The molecule has 1 atom stereocenters. The summed E-state index contributed by atoms with van der Waals surface area (Å²) in [5, 5.41) is 11.7. The zero-order valence-electron chi connectivity index (χ0n) is 16.6. The number of likely N-dealkylation sites (tertiary alicyclic amines) is 1. The standard InChI is InChI=1S/C20H28N2O6/c1-20(2,3)28-19(26)21-15-7-5-9-22(12-15)17(23)13-27-16-8-4-6-14(10-16)11-18(24)25/h4,6,8,10,15H,5,7,9,11-13H2,1-3H3,(H,21,26)(H,24,25). The minimum absolute atomic E-state index is 0.102. The van der Waals surface area contributed by atoms with Crippen molar-refractivity contribution in [3.05, 3.63) is 29.8 Å². The normalized spacial score (nSPS) is 17.0. The predicted octanol–water partition coefficient (Wildman–Crippen LogP) is 2.21. The van der Waals surface area contributed by atoms with Gasteiger partial charge in [-0.25, -0.2) is 4.79 Å². The van der Waals surface area contributed by atoms with Crippen LogP contribution in [0.3, 0.4) is 0 Å². The Balaban J connectivity index is 1.83. The molecule has 1 aliphatic heterocycles. The van der Waals surface area contributed by atoms with E-state index in [4.69, 9.17) is 14.6 Å². The maximum absolute atomic E-state index is 12.5. The molecule has 0 spiro atoms. The molecule has 1 aliphatic rings. The molecule has 0 bridgehead atoms. The summed E-state index contributed by atoms with van der Waals surface area (Å²) in [4.78, 5) is 36.8. The van der Waals surface area contributed by atoms with Crippen LogP contribution in [0.1, 0.15) is 39.2 Å². The fraction of sp³-hybridized carbons (Fsp3) is 0.550. The lowest BCUT2D eigenvalue weighted by molar-refractivity contribution is -0.136. The number of ether oxygens (including phenoxy) is 2. The largest absolute Gasteiger partial charge is 0.484 e. The van der Waals surface area contributed by atoms with Crippen molar-refractivity contribution in [2.75, 3.05) is 19.7 Å². The van der Waals surface area contributed by atoms with Gasteiger partial charge in [-0.15, -0.1) is 0 Å². The van der Waals surface area contributed by atoms with Crippen LogP contribution in [-0.4, -0.2) is 59.3 Å². The first kappa shape index (κ1) is 21.5. The Labute approximate surface area is 164 Å². The van der Waals surface area contributed by atoms with E-state index in [1.165, 1.54) is 0 Å². The molecule has 2 amide bonds. The number of aliphatic carboxylic acids is 1. The van der Waals surface area contributed by atoms with Gasteiger partial charge in [0.15, 0.2) is 6.61 Å². The van der Waals surface area contributed by atoms with Crippen LogP contribution in [0.25, 0.3) is 0 Å². The van der Waals surface area contributed by atoms with E-state index in [0.717, 1.165) is 12.8 Å². The molecular formula is C20H28N2O6. The van der Waals surface area contributed by atoms with Gasteiger partial charge >= 0.3 is 12.1 Å². The number of carbonyl (C=O) groups is 3. The van der Waals surface area contributed by atoms with E-state index >= 15 is 0 Å². The van der Waals surface area contributed by atoms with Crippen LogP contribution in [0, 0.1) is 0 Å². The fourth-order valence-electron chi connectivity index (χ4n) is 2.95. The van der Waals surface area contributed by atoms with Gasteiger partial charge in [-0.2, -0.15) is 0 Å². The van der Waals surface area contributed by atoms with E-state index in [1.807, 2.05) is 0 Å². The van der Waals surface area contributed by atoms with Gasteiger partial charge in [-0.05, 0) is 51.3 Å². The van der Waals surface area contributed by atoms with Gasteiger partial charge in [-0.1, -0.05) is 12.1 Å². The summed E-state index contributed by atoms with van der Waals surface area (Å²) in [5.41, 5.74) is 0.0362. The first-order chi connectivity index (χ1) is 13.1. The summed E-state index contributed by atoms with van der Waals surface area (Å²) in [6.07, 6.45) is 0.967. The van der Waals surface area contributed by atoms with Gasteiger partial charge in [0.1, 0.15) is 11.4 Å². The topological polar surface area (TPSA) is 105 Å². The third-order valence-electron chi connectivity index (χ3n) is 4.11. The van der Waals surface area contributed by atoms with Crippen molar-refractivity contribution in [3.8, 4) is 5.75 Å². The molecule has 0 aliphatic carbocycles. The summed E-state index contributed by atoms with van der Waals surface area (Å²) in [6, 6.07) is 6.53. The Kier molecular flexibility index (Phi) is 7.25. The number of benzene rings is 1. The third-order valence-corrected chi connectivity index (χ3v) is 4.11. The summed E-state index contributed by atoms with van der Waals surface area (Å²) < 4.78 is 10.8. The van der Waals surface area contributed by atoms with Crippen LogP contribution < -0.4 is 10.1 Å². The van der Waals surface area contributed by atoms with Crippen LogP contribution in [0.4, 0.5) is 4.79 Å². The van der Waals surface area contributed by atoms with E-state index in [2.05, 4.69) is 5.32 Å². The third kappa shape index (κ3) is 7.46. The van der Waals surface area contributed by atoms with Crippen LogP contribution in [0.5, 0.6) is 5.75 Å². The lowest BCUT2D eigenvalue weighted by atomic mass is 10.1. The molecule has 8 nitrogen and oxygen atoms in total. The first-order valence-corrected chi connectivity index (χ1v) is 9.33. The number of nitrogens with one attached hydrogen (secondary N) is 1. The number of alkyl carbamates (subject to hydrolysis) is 1. The molecule has 28 heavy (non-hydrogen) atoms. The highest BCUT2D eigenvalue weighted by Crippen LogP contribution is 2.16. The maximum atomic E-state index is 12.5. The quantitative estimate of drug-likeness (QED) is 0.769. The average Bonchev–Trinajstić information content (AvgIpc) is 2.58. The number of piperidine rings is 1. The van der Waals surface area contributed by atoms with Crippen molar-refractivity contribution in [3.63, 3.8) is 0 Å². The number of nitrogens with zero attached hydrogens (tertiary/aromatic N) is 1. The lowest BCUT2D eigenvalue weighted by Crippen LogP contribution is -2.51. The molecular weight excluding hydrogens is 364 g/mol. The number of carbonyl (C=O) groups excluding carboxylic acids is 2. The van der Waals surface area contributed by atoms with Gasteiger partial charge in [0.25, 0.3) is 5.91 Å². The monoisotopic (exact) mass is 392 g/mol. The number of carboxylic acids is 1. The number of carboxylic acid groups (broad SMARTS) is 1. The number of hydrogen-bond acceptors (Lipinski definition) is 5. The zero-order chi connectivity index (χ0) is 20.7. The summed E-state index contributed by atoms with van der Waals surface area (Å²) in [6.45, 7) is 6.26. The molecule has 0 radical (unpaired) electrons. The van der Waals surface area contributed by atoms with Crippen LogP contribution in [0.15, 0.2) is 24.3 Å². The van der Waals surface area contributed by atoms with Crippen molar-refractivity contribution < 1.29 is 29.0 Å². The Bertz CT molecular complexity index is 713. The second-order valence-corrected chi connectivity index (χ2v) is 7.83. The molecule has 0 saturated carbocycles. The molecule has 1 aromatic carbocycles. The van der Waals surface area contributed by atoms with Crippen molar-refractivity contribution >= 4 is 18.0 Å². The highest BCUT2D eigenvalue weighted by molar-refractivity contribution is 5.78. The Morgan fingerprint density at radius 3 is 2.71 bits per heavy atom. The fourth-order valence-corrected chi connectivity index (χ4v) is 2.95. The predicted molar refractivity (Wildman–Crippen MR) is 102 cm³/mol. The van der Waals surface area contributed by atoms with Crippen molar-refractivity contribution in [1.29, 1.82) is 0 Å². The van der Waals surface area contributed by atoms with E-state index in [9.17, 15) is 14.4 Å². The highest BCUT2D eigenvalue weighted by Gasteiger charge is 2.26. The van der Waals surface area contributed by atoms with E-state index in [-0.39, 0.29) is 25.0 Å². The summed E-state index contributed by atoms with van der Waals surface area (Å²) >= 11 is 0. The molecule has 2 rings (SSSR count). The van der Waals surface area contributed by atoms with Gasteiger partial charge in [0.05, 0.1) is 6.42 Å². The van der Waals surface area contributed by atoms with Crippen molar-refractivity contribution in [2.45, 2.75) is 51.7 Å². The minimum atomic E-state index is -0.926. The average molecular weight is 392 g/mol. The van der Waals surface area contributed by atoms with Gasteiger partial charge in [0, 0.05) is 19.1 Å². The second-order valence-electron chi connectivity index (χ2n) is 7.83. The van der Waals surface area contributed by atoms with Crippen molar-refractivity contribution in [1.82, 2.24) is 10.2 Å². The Hall–Kier alpha value is -2.77. The molecule has 1 heterocycles. The van der Waals surface area contributed by atoms with Gasteiger partial charge in [-0.3, -0.25) is 9.59 Å². The number of hydrogen-bond donors (Lipinski definition) is 2. The molecule has 1 aromatic rings. The smallest absolute Gasteiger partial charge is 0.407 e. The molecule has 8 heteroatoms.